The molecule has 0 atom stereocenters. The Balaban J connectivity index is 2.00. The molecule has 1 aromatic carbocycles. The Morgan fingerprint density at radius 1 is 1.50 bits per heavy atom. The summed E-state index contributed by atoms with van der Waals surface area (Å²) < 4.78 is 0. The molecule has 0 saturated carbocycles. The van der Waals surface area contributed by atoms with Crippen molar-refractivity contribution in [2.24, 2.45) is 0 Å². The molecule has 5 nitrogen and oxygen atoms in total. The number of likely N-dealkylation sites (N-methyl/N-ethyl adjacent to an activating group) is 1. The maximum Gasteiger partial charge on any atom is 0.284 e. The SMILES string of the molecule is CN1C(=O)Cc2cc(CCNC(=O)C=O)ccc21. The van der Waals surface area contributed by atoms with Crippen molar-refractivity contribution in [3.63, 3.8) is 0 Å². The zero-order valence-electron chi connectivity index (χ0n) is 10.1. The second-order valence-corrected chi connectivity index (χ2v) is 4.25. The highest BCUT2D eigenvalue weighted by Crippen LogP contribution is 2.28. The number of hydrogen-bond donors (Lipinski definition) is 1. The van der Waals surface area contributed by atoms with Crippen LogP contribution in [0.3, 0.4) is 0 Å². The Hall–Kier alpha value is -2.17. The number of fused-ring (bicyclic) bond motifs is 1. The molecule has 0 fully saturated rings. The van der Waals surface area contributed by atoms with Crippen molar-refractivity contribution < 1.29 is 14.4 Å². The van der Waals surface area contributed by atoms with Gasteiger partial charge in [0.1, 0.15) is 0 Å². The number of benzene rings is 1. The van der Waals surface area contributed by atoms with E-state index in [4.69, 9.17) is 0 Å². The molecule has 0 aromatic heterocycles. The van der Waals surface area contributed by atoms with E-state index in [-0.39, 0.29) is 12.2 Å². The van der Waals surface area contributed by atoms with Gasteiger partial charge in [-0.05, 0) is 23.6 Å². The average Bonchev–Trinajstić information content (AvgIpc) is 2.64. The molecule has 18 heavy (non-hydrogen) atoms. The van der Waals surface area contributed by atoms with Crippen LogP contribution in [0.5, 0.6) is 0 Å². The molecule has 5 heteroatoms. The van der Waals surface area contributed by atoms with Gasteiger partial charge in [0.2, 0.25) is 12.2 Å². The quantitative estimate of drug-likeness (QED) is 0.603. The highest BCUT2D eigenvalue weighted by Gasteiger charge is 2.23. The van der Waals surface area contributed by atoms with E-state index in [0.29, 0.717) is 19.4 Å². The van der Waals surface area contributed by atoms with Crippen molar-refractivity contribution in [2.45, 2.75) is 12.8 Å². The molecule has 0 unspecified atom stereocenters. The van der Waals surface area contributed by atoms with E-state index in [0.717, 1.165) is 16.8 Å². The van der Waals surface area contributed by atoms with E-state index in [2.05, 4.69) is 5.32 Å². The molecule has 1 aromatic rings. The highest BCUT2D eigenvalue weighted by atomic mass is 16.2. The average molecular weight is 246 g/mol. The highest BCUT2D eigenvalue weighted by molar-refractivity contribution is 6.23. The predicted molar refractivity (Wildman–Crippen MR) is 66.3 cm³/mol. The van der Waals surface area contributed by atoms with Gasteiger partial charge >= 0.3 is 0 Å². The summed E-state index contributed by atoms with van der Waals surface area (Å²) in [6.45, 7) is 0.417. The first-order valence-electron chi connectivity index (χ1n) is 5.73. The topological polar surface area (TPSA) is 66.5 Å². The summed E-state index contributed by atoms with van der Waals surface area (Å²) in [4.78, 5) is 34.0. The van der Waals surface area contributed by atoms with Gasteiger partial charge in [0, 0.05) is 19.3 Å². The summed E-state index contributed by atoms with van der Waals surface area (Å²) in [6.07, 6.45) is 1.33. The van der Waals surface area contributed by atoms with E-state index < -0.39 is 5.91 Å². The fourth-order valence-corrected chi connectivity index (χ4v) is 2.05. The van der Waals surface area contributed by atoms with Crippen molar-refractivity contribution in [2.75, 3.05) is 18.5 Å². The van der Waals surface area contributed by atoms with Crippen LogP contribution in [0.1, 0.15) is 11.1 Å². The molecule has 1 heterocycles. The van der Waals surface area contributed by atoms with Gasteiger partial charge in [-0.15, -0.1) is 0 Å². The Morgan fingerprint density at radius 2 is 2.28 bits per heavy atom. The number of nitrogens with zero attached hydrogens (tertiary/aromatic N) is 1. The smallest absolute Gasteiger partial charge is 0.284 e. The minimum Gasteiger partial charge on any atom is -0.349 e. The fourth-order valence-electron chi connectivity index (χ4n) is 2.05. The lowest BCUT2D eigenvalue weighted by atomic mass is 10.1. The summed E-state index contributed by atoms with van der Waals surface area (Å²) in [5.74, 6) is -0.512. The lowest BCUT2D eigenvalue weighted by molar-refractivity contribution is -0.131. The fraction of sp³-hybridized carbons (Fsp3) is 0.308. The van der Waals surface area contributed by atoms with Crippen LogP contribution >= 0.6 is 0 Å². The monoisotopic (exact) mass is 246 g/mol. The first-order valence-corrected chi connectivity index (χ1v) is 5.73. The van der Waals surface area contributed by atoms with Gasteiger partial charge in [0.25, 0.3) is 5.91 Å². The summed E-state index contributed by atoms with van der Waals surface area (Å²) in [5, 5.41) is 2.48. The van der Waals surface area contributed by atoms with Gasteiger partial charge in [-0.25, -0.2) is 0 Å². The zero-order valence-corrected chi connectivity index (χ0v) is 10.1. The first-order chi connectivity index (χ1) is 8.61. The second-order valence-electron chi connectivity index (χ2n) is 4.25. The molecule has 0 radical (unpaired) electrons. The lowest BCUT2D eigenvalue weighted by Gasteiger charge is -2.10. The third kappa shape index (κ3) is 2.40. The molecule has 0 saturated heterocycles. The summed E-state index contributed by atoms with van der Waals surface area (Å²) >= 11 is 0. The van der Waals surface area contributed by atoms with Crippen LogP contribution < -0.4 is 10.2 Å². The Bertz CT molecular complexity index is 511. The van der Waals surface area contributed by atoms with Gasteiger partial charge in [0.15, 0.2) is 0 Å². The standard InChI is InChI=1S/C13H14N2O3/c1-15-11-3-2-9(4-5-14-12(17)8-16)6-10(11)7-13(15)18/h2-3,6,8H,4-5,7H2,1H3,(H,14,17). The largest absolute Gasteiger partial charge is 0.349 e. The first kappa shape index (κ1) is 12.3. The minimum atomic E-state index is -0.605. The van der Waals surface area contributed by atoms with Gasteiger partial charge < -0.3 is 10.2 Å². The third-order valence-corrected chi connectivity index (χ3v) is 3.04. The minimum absolute atomic E-state index is 0.0939. The maximum atomic E-state index is 11.5. The van der Waals surface area contributed by atoms with Crippen molar-refractivity contribution >= 4 is 23.8 Å². The van der Waals surface area contributed by atoms with Crippen LogP contribution in [0, 0.1) is 0 Å². The Morgan fingerprint density at radius 3 is 3.00 bits per heavy atom. The number of anilines is 1. The number of aldehydes is 1. The molecule has 1 aliphatic rings. The van der Waals surface area contributed by atoms with Crippen molar-refractivity contribution in [3.05, 3.63) is 29.3 Å². The van der Waals surface area contributed by atoms with Crippen LogP contribution in [0.2, 0.25) is 0 Å². The molecule has 1 aliphatic heterocycles. The van der Waals surface area contributed by atoms with E-state index in [1.54, 1.807) is 11.9 Å². The summed E-state index contributed by atoms with van der Waals surface area (Å²) in [6, 6.07) is 5.82. The van der Waals surface area contributed by atoms with Gasteiger partial charge in [-0.3, -0.25) is 14.4 Å². The zero-order chi connectivity index (χ0) is 13.1. The molecular formula is C13H14N2O3. The number of nitrogens with one attached hydrogen (secondary N) is 1. The van der Waals surface area contributed by atoms with Gasteiger partial charge in [0.05, 0.1) is 6.42 Å². The van der Waals surface area contributed by atoms with Crippen LogP contribution in [0.25, 0.3) is 0 Å². The predicted octanol–water partition coefficient (Wildman–Crippen LogP) is 0.0631. The molecule has 0 spiro atoms. The van der Waals surface area contributed by atoms with Gasteiger partial charge in [-0.1, -0.05) is 12.1 Å². The van der Waals surface area contributed by atoms with Crippen molar-refractivity contribution in [1.29, 1.82) is 0 Å². The van der Waals surface area contributed by atoms with Crippen LogP contribution in [-0.2, 0) is 27.2 Å². The number of rotatable bonds is 4. The normalized spacial score (nSPS) is 13.4. The van der Waals surface area contributed by atoms with E-state index in [1.807, 2.05) is 18.2 Å². The summed E-state index contributed by atoms with van der Waals surface area (Å²) in [5.41, 5.74) is 3.01. The molecular weight excluding hydrogens is 232 g/mol. The van der Waals surface area contributed by atoms with E-state index in [9.17, 15) is 14.4 Å². The van der Waals surface area contributed by atoms with Gasteiger partial charge in [-0.2, -0.15) is 0 Å². The lowest BCUT2D eigenvalue weighted by Crippen LogP contribution is -2.26. The maximum absolute atomic E-state index is 11.5. The van der Waals surface area contributed by atoms with E-state index in [1.165, 1.54) is 0 Å². The Labute approximate surface area is 105 Å². The summed E-state index contributed by atoms with van der Waals surface area (Å²) in [7, 11) is 1.76. The second kappa shape index (κ2) is 5.00. The molecule has 1 N–H and O–H groups in total. The van der Waals surface area contributed by atoms with Crippen LogP contribution in [0.15, 0.2) is 18.2 Å². The van der Waals surface area contributed by atoms with E-state index >= 15 is 0 Å². The molecule has 2 rings (SSSR count). The molecule has 2 amide bonds. The molecule has 0 bridgehead atoms. The van der Waals surface area contributed by atoms with Crippen molar-refractivity contribution in [3.8, 4) is 0 Å². The van der Waals surface area contributed by atoms with Crippen molar-refractivity contribution in [1.82, 2.24) is 5.32 Å². The number of amides is 2. The Kier molecular flexibility index (Phi) is 3.41. The number of hydrogen-bond acceptors (Lipinski definition) is 3. The third-order valence-electron chi connectivity index (χ3n) is 3.04. The molecule has 94 valence electrons. The van der Waals surface area contributed by atoms with Crippen LogP contribution in [-0.4, -0.2) is 31.7 Å². The van der Waals surface area contributed by atoms with Crippen LogP contribution in [0.4, 0.5) is 5.69 Å². The number of carbonyl (C=O) groups excluding carboxylic acids is 3. The molecule has 0 aliphatic carbocycles. The number of carbonyl (C=O) groups is 3.